The maximum absolute atomic E-state index is 11.1. The van der Waals surface area contributed by atoms with Crippen molar-refractivity contribution >= 4 is 5.97 Å². The summed E-state index contributed by atoms with van der Waals surface area (Å²) in [5.41, 5.74) is 3.97. The first-order valence-electron chi connectivity index (χ1n) is 8.40. The first kappa shape index (κ1) is 17.3. The number of carboxylic acid groups (broad SMARTS) is 1. The van der Waals surface area contributed by atoms with Crippen LogP contribution in [0.15, 0.2) is 29.5 Å². The molecule has 0 aliphatic carbocycles. The smallest absolute Gasteiger partial charge is 0.354 e. The molecule has 126 valence electrons. The van der Waals surface area contributed by atoms with Crippen LogP contribution in [0.25, 0.3) is 0 Å². The summed E-state index contributed by atoms with van der Waals surface area (Å²) in [5.74, 6) is -0.904. The third-order valence-electron chi connectivity index (χ3n) is 4.32. The summed E-state index contributed by atoms with van der Waals surface area (Å²) in [7, 11) is 0. The monoisotopic (exact) mass is 317 g/mol. The van der Waals surface area contributed by atoms with Gasteiger partial charge in [0, 0.05) is 19.6 Å². The van der Waals surface area contributed by atoms with E-state index in [0.717, 1.165) is 44.5 Å². The summed E-state index contributed by atoms with van der Waals surface area (Å²) in [6.07, 6.45) is 8.70. The largest absolute Gasteiger partial charge is 0.477 e. The quantitative estimate of drug-likeness (QED) is 0.744. The Morgan fingerprint density at radius 1 is 1.30 bits per heavy atom. The number of hydrogen-bond acceptors (Lipinski definition) is 3. The first-order chi connectivity index (χ1) is 11.0. The molecule has 1 aliphatic heterocycles. The van der Waals surface area contributed by atoms with E-state index >= 15 is 0 Å². The molecule has 5 nitrogen and oxygen atoms in total. The SMILES string of the molecule is CCN1C=CC(CCCCCn2nc(C)cc2C(=O)O)=C(C)C1. The summed E-state index contributed by atoms with van der Waals surface area (Å²) in [6, 6.07) is 1.63. The summed E-state index contributed by atoms with van der Waals surface area (Å²) < 4.78 is 1.61. The van der Waals surface area contributed by atoms with Gasteiger partial charge in [-0.05, 0) is 63.9 Å². The molecule has 0 atom stereocenters. The van der Waals surface area contributed by atoms with E-state index in [2.05, 4.69) is 36.1 Å². The highest BCUT2D eigenvalue weighted by Crippen LogP contribution is 2.20. The van der Waals surface area contributed by atoms with Gasteiger partial charge in [0.05, 0.1) is 5.69 Å². The van der Waals surface area contributed by atoms with E-state index < -0.39 is 5.97 Å². The fourth-order valence-electron chi connectivity index (χ4n) is 2.95. The van der Waals surface area contributed by atoms with E-state index in [-0.39, 0.29) is 5.69 Å². The van der Waals surface area contributed by atoms with Crippen molar-refractivity contribution in [2.45, 2.75) is 53.0 Å². The topological polar surface area (TPSA) is 58.4 Å². The van der Waals surface area contributed by atoms with Crippen molar-refractivity contribution in [3.8, 4) is 0 Å². The van der Waals surface area contributed by atoms with E-state index in [4.69, 9.17) is 5.11 Å². The van der Waals surface area contributed by atoms with Gasteiger partial charge in [0.15, 0.2) is 0 Å². The predicted octanol–water partition coefficient (Wildman–Crippen LogP) is 3.62. The van der Waals surface area contributed by atoms with Crippen molar-refractivity contribution in [1.29, 1.82) is 0 Å². The van der Waals surface area contributed by atoms with Crippen molar-refractivity contribution in [2.24, 2.45) is 0 Å². The molecule has 23 heavy (non-hydrogen) atoms. The average molecular weight is 317 g/mol. The molecule has 0 saturated carbocycles. The Hall–Kier alpha value is -2.04. The molecule has 0 radical (unpaired) electrons. The van der Waals surface area contributed by atoms with Gasteiger partial charge >= 0.3 is 5.97 Å². The Morgan fingerprint density at radius 3 is 2.74 bits per heavy atom. The number of aryl methyl sites for hydroxylation is 2. The number of nitrogens with zero attached hydrogens (tertiary/aromatic N) is 3. The Labute approximate surface area is 138 Å². The molecule has 0 bridgehead atoms. The summed E-state index contributed by atoms with van der Waals surface area (Å²) in [6.45, 7) is 8.98. The summed E-state index contributed by atoms with van der Waals surface area (Å²) in [4.78, 5) is 13.5. The zero-order valence-electron chi connectivity index (χ0n) is 14.4. The highest BCUT2D eigenvalue weighted by Gasteiger charge is 2.12. The summed E-state index contributed by atoms with van der Waals surface area (Å²) >= 11 is 0. The fourth-order valence-corrected chi connectivity index (χ4v) is 2.95. The van der Waals surface area contributed by atoms with E-state index in [9.17, 15) is 4.79 Å². The van der Waals surface area contributed by atoms with Gasteiger partial charge in [-0.2, -0.15) is 5.10 Å². The zero-order chi connectivity index (χ0) is 16.8. The van der Waals surface area contributed by atoms with Crippen LogP contribution in [-0.4, -0.2) is 38.8 Å². The molecule has 1 aliphatic rings. The molecule has 0 unspecified atom stereocenters. The Bertz CT molecular complexity index is 614. The molecular weight excluding hydrogens is 290 g/mol. The lowest BCUT2D eigenvalue weighted by Crippen LogP contribution is -2.22. The molecule has 0 amide bonds. The maximum atomic E-state index is 11.1. The predicted molar refractivity (Wildman–Crippen MR) is 91.5 cm³/mol. The molecule has 1 aromatic rings. The van der Waals surface area contributed by atoms with Crippen LogP contribution in [0.4, 0.5) is 0 Å². The standard InChI is InChI=1S/C18H27N3O2/c1-4-20-11-9-16(14(2)13-20)8-6-5-7-10-21-17(18(22)23)12-15(3)19-21/h9,11-12H,4-8,10,13H2,1-3H3,(H,22,23). The fraction of sp³-hybridized carbons (Fsp3) is 0.556. The first-order valence-corrected chi connectivity index (χ1v) is 8.40. The minimum atomic E-state index is -0.904. The van der Waals surface area contributed by atoms with Gasteiger partial charge in [-0.25, -0.2) is 4.79 Å². The number of aromatic carboxylic acids is 1. The number of carboxylic acids is 1. The Morgan fingerprint density at radius 2 is 2.09 bits per heavy atom. The molecular formula is C18H27N3O2. The number of likely N-dealkylation sites (N-methyl/N-ethyl adjacent to an activating group) is 1. The van der Waals surface area contributed by atoms with E-state index in [0.29, 0.717) is 6.54 Å². The highest BCUT2D eigenvalue weighted by atomic mass is 16.4. The van der Waals surface area contributed by atoms with Crippen molar-refractivity contribution in [1.82, 2.24) is 14.7 Å². The van der Waals surface area contributed by atoms with Crippen LogP contribution >= 0.6 is 0 Å². The second-order valence-corrected chi connectivity index (χ2v) is 6.19. The van der Waals surface area contributed by atoms with Crippen molar-refractivity contribution in [2.75, 3.05) is 13.1 Å². The molecule has 1 aromatic heterocycles. The Balaban J connectivity index is 1.75. The molecule has 0 saturated heterocycles. The Kier molecular flexibility index (Phi) is 6.02. The number of rotatable bonds is 8. The molecule has 0 spiro atoms. The van der Waals surface area contributed by atoms with Crippen LogP contribution in [0.5, 0.6) is 0 Å². The molecule has 5 heteroatoms. The molecule has 1 N–H and O–H groups in total. The van der Waals surface area contributed by atoms with Gasteiger partial charge in [0.1, 0.15) is 5.69 Å². The van der Waals surface area contributed by atoms with Crippen LogP contribution in [-0.2, 0) is 6.54 Å². The van der Waals surface area contributed by atoms with E-state index in [1.165, 1.54) is 11.1 Å². The molecule has 2 rings (SSSR count). The second-order valence-electron chi connectivity index (χ2n) is 6.19. The van der Waals surface area contributed by atoms with Crippen LogP contribution in [0.2, 0.25) is 0 Å². The van der Waals surface area contributed by atoms with Gasteiger partial charge in [-0.3, -0.25) is 4.68 Å². The lowest BCUT2D eigenvalue weighted by Gasteiger charge is -2.24. The highest BCUT2D eigenvalue weighted by molar-refractivity contribution is 5.85. The number of aromatic nitrogens is 2. The minimum absolute atomic E-state index is 0.288. The number of carbonyl (C=O) groups is 1. The normalized spacial score (nSPS) is 14.7. The van der Waals surface area contributed by atoms with Gasteiger partial charge in [0.25, 0.3) is 0 Å². The zero-order valence-corrected chi connectivity index (χ0v) is 14.4. The third kappa shape index (κ3) is 4.71. The second kappa shape index (κ2) is 7.99. The average Bonchev–Trinajstić information content (AvgIpc) is 2.89. The van der Waals surface area contributed by atoms with E-state index in [1.807, 2.05) is 6.92 Å². The van der Waals surface area contributed by atoms with Gasteiger partial charge < -0.3 is 10.0 Å². The van der Waals surface area contributed by atoms with Crippen LogP contribution < -0.4 is 0 Å². The number of unbranched alkanes of at least 4 members (excludes halogenated alkanes) is 2. The van der Waals surface area contributed by atoms with Gasteiger partial charge in [-0.1, -0.05) is 12.0 Å². The lowest BCUT2D eigenvalue weighted by atomic mass is 10.00. The van der Waals surface area contributed by atoms with Crippen LogP contribution in [0.1, 0.15) is 55.7 Å². The molecule has 0 fully saturated rings. The molecule has 0 aromatic carbocycles. The minimum Gasteiger partial charge on any atom is -0.477 e. The summed E-state index contributed by atoms with van der Waals surface area (Å²) in [5, 5.41) is 13.4. The lowest BCUT2D eigenvalue weighted by molar-refractivity contribution is 0.0683. The number of hydrogen-bond donors (Lipinski definition) is 1. The van der Waals surface area contributed by atoms with Crippen LogP contribution in [0.3, 0.4) is 0 Å². The molecule has 2 heterocycles. The number of allylic oxidation sites excluding steroid dienone is 2. The third-order valence-corrected chi connectivity index (χ3v) is 4.32. The van der Waals surface area contributed by atoms with Crippen molar-refractivity contribution in [3.05, 3.63) is 40.9 Å². The van der Waals surface area contributed by atoms with Crippen molar-refractivity contribution in [3.63, 3.8) is 0 Å². The maximum Gasteiger partial charge on any atom is 0.354 e. The van der Waals surface area contributed by atoms with Gasteiger partial charge in [-0.15, -0.1) is 0 Å². The van der Waals surface area contributed by atoms with Crippen LogP contribution in [0, 0.1) is 6.92 Å². The van der Waals surface area contributed by atoms with E-state index in [1.54, 1.807) is 10.7 Å². The van der Waals surface area contributed by atoms with Crippen molar-refractivity contribution < 1.29 is 9.90 Å². The van der Waals surface area contributed by atoms with Gasteiger partial charge in [0.2, 0.25) is 0 Å².